The normalized spacial score (nSPS) is 12.4. The fraction of sp³-hybridized carbons (Fsp3) is 0.357. The van der Waals surface area contributed by atoms with E-state index in [-0.39, 0.29) is 6.04 Å². The van der Waals surface area contributed by atoms with E-state index in [0.29, 0.717) is 11.6 Å². The SMILES string of the molecule is CC(N)Cc1cc(Cl)ccc1OCCn1ccnc1. The quantitative estimate of drug-likeness (QED) is 0.884. The van der Waals surface area contributed by atoms with Crippen LogP contribution in [0, 0.1) is 0 Å². The first-order valence-electron chi connectivity index (χ1n) is 6.27. The molecule has 1 atom stereocenters. The molecular weight excluding hydrogens is 262 g/mol. The lowest BCUT2D eigenvalue weighted by atomic mass is 10.1. The molecule has 0 saturated carbocycles. The zero-order valence-corrected chi connectivity index (χ0v) is 11.7. The largest absolute Gasteiger partial charge is 0.491 e. The number of nitrogens with zero attached hydrogens (tertiary/aromatic N) is 2. The zero-order valence-electron chi connectivity index (χ0n) is 10.9. The first-order valence-corrected chi connectivity index (χ1v) is 6.65. The van der Waals surface area contributed by atoms with Gasteiger partial charge in [0.2, 0.25) is 0 Å². The molecule has 4 nitrogen and oxygen atoms in total. The van der Waals surface area contributed by atoms with Crippen LogP contribution in [0.1, 0.15) is 12.5 Å². The van der Waals surface area contributed by atoms with E-state index >= 15 is 0 Å². The third kappa shape index (κ3) is 4.26. The van der Waals surface area contributed by atoms with Gasteiger partial charge in [-0.05, 0) is 37.1 Å². The number of rotatable bonds is 6. The summed E-state index contributed by atoms with van der Waals surface area (Å²) in [5.74, 6) is 0.849. The van der Waals surface area contributed by atoms with Gasteiger partial charge in [-0.3, -0.25) is 0 Å². The van der Waals surface area contributed by atoms with Crippen LogP contribution in [0.2, 0.25) is 5.02 Å². The van der Waals surface area contributed by atoms with Crippen LogP contribution < -0.4 is 10.5 Å². The molecule has 0 radical (unpaired) electrons. The zero-order chi connectivity index (χ0) is 13.7. The summed E-state index contributed by atoms with van der Waals surface area (Å²) in [7, 11) is 0. The van der Waals surface area contributed by atoms with Gasteiger partial charge in [0.25, 0.3) is 0 Å². The summed E-state index contributed by atoms with van der Waals surface area (Å²) in [6.45, 7) is 3.32. The van der Waals surface area contributed by atoms with E-state index in [2.05, 4.69) is 4.98 Å². The van der Waals surface area contributed by atoms with Gasteiger partial charge in [0.15, 0.2) is 0 Å². The molecule has 102 valence electrons. The van der Waals surface area contributed by atoms with Crippen LogP contribution in [-0.4, -0.2) is 22.2 Å². The van der Waals surface area contributed by atoms with E-state index in [4.69, 9.17) is 22.1 Å². The molecule has 2 rings (SSSR count). The van der Waals surface area contributed by atoms with Crippen molar-refractivity contribution in [1.29, 1.82) is 0 Å². The maximum Gasteiger partial charge on any atom is 0.122 e. The summed E-state index contributed by atoms with van der Waals surface area (Å²) in [5.41, 5.74) is 6.89. The summed E-state index contributed by atoms with van der Waals surface area (Å²) >= 11 is 6.01. The molecule has 19 heavy (non-hydrogen) atoms. The smallest absolute Gasteiger partial charge is 0.122 e. The Morgan fingerprint density at radius 1 is 1.47 bits per heavy atom. The van der Waals surface area contributed by atoms with E-state index < -0.39 is 0 Å². The van der Waals surface area contributed by atoms with Gasteiger partial charge in [0.1, 0.15) is 12.4 Å². The van der Waals surface area contributed by atoms with Crippen molar-refractivity contribution in [3.63, 3.8) is 0 Å². The predicted molar refractivity (Wildman–Crippen MR) is 76.5 cm³/mol. The Morgan fingerprint density at radius 3 is 3.00 bits per heavy atom. The molecule has 0 aliphatic carbocycles. The van der Waals surface area contributed by atoms with E-state index in [1.165, 1.54) is 0 Å². The van der Waals surface area contributed by atoms with Crippen molar-refractivity contribution in [3.05, 3.63) is 47.5 Å². The molecule has 0 amide bonds. The molecule has 1 aromatic carbocycles. The summed E-state index contributed by atoms with van der Waals surface area (Å²) in [6, 6.07) is 5.72. The Morgan fingerprint density at radius 2 is 2.32 bits per heavy atom. The minimum absolute atomic E-state index is 0.0782. The van der Waals surface area contributed by atoms with Gasteiger partial charge in [-0.25, -0.2) is 4.98 Å². The van der Waals surface area contributed by atoms with Crippen LogP contribution >= 0.6 is 11.6 Å². The van der Waals surface area contributed by atoms with E-state index in [0.717, 1.165) is 24.3 Å². The van der Waals surface area contributed by atoms with Crippen molar-refractivity contribution in [2.45, 2.75) is 25.9 Å². The highest BCUT2D eigenvalue weighted by Crippen LogP contribution is 2.24. The van der Waals surface area contributed by atoms with Crippen molar-refractivity contribution < 1.29 is 4.74 Å². The summed E-state index contributed by atoms with van der Waals surface area (Å²) in [4.78, 5) is 3.99. The molecule has 0 bridgehead atoms. The first-order chi connectivity index (χ1) is 9.15. The van der Waals surface area contributed by atoms with Crippen LogP contribution in [0.15, 0.2) is 36.9 Å². The molecule has 0 saturated heterocycles. The Labute approximate surface area is 118 Å². The molecule has 0 fully saturated rings. The average Bonchev–Trinajstić information content (AvgIpc) is 2.84. The highest BCUT2D eigenvalue weighted by molar-refractivity contribution is 6.30. The van der Waals surface area contributed by atoms with Crippen LogP contribution in [0.5, 0.6) is 5.75 Å². The molecule has 0 spiro atoms. The van der Waals surface area contributed by atoms with Crippen LogP contribution in [0.25, 0.3) is 0 Å². The predicted octanol–water partition coefficient (Wildman–Crippen LogP) is 2.51. The maximum atomic E-state index is 6.01. The molecule has 2 aromatic rings. The second-order valence-electron chi connectivity index (χ2n) is 4.58. The second-order valence-corrected chi connectivity index (χ2v) is 5.02. The average molecular weight is 280 g/mol. The van der Waals surface area contributed by atoms with E-state index in [1.807, 2.05) is 35.9 Å². The second kappa shape index (κ2) is 6.59. The third-order valence-corrected chi connectivity index (χ3v) is 2.97. The lowest BCUT2D eigenvalue weighted by Gasteiger charge is -2.13. The van der Waals surface area contributed by atoms with Crippen molar-refractivity contribution in [3.8, 4) is 5.75 Å². The minimum atomic E-state index is 0.0782. The minimum Gasteiger partial charge on any atom is -0.491 e. The van der Waals surface area contributed by atoms with Crippen molar-refractivity contribution >= 4 is 11.6 Å². The number of hydrogen-bond donors (Lipinski definition) is 1. The Balaban J connectivity index is 1.98. The number of aromatic nitrogens is 2. The number of halogens is 1. The highest BCUT2D eigenvalue weighted by atomic mass is 35.5. The Kier molecular flexibility index (Phi) is 4.82. The summed E-state index contributed by atoms with van der Waals surface area (Å²) in [6.07, 6.45) is 6.19. The van der Waals surface area contributed by atoms with Crippen LogP contribution in [0.4, 0.5) is 0 Å². The molecular formula is C14H18ClN3O. The summed E-state index contributed by atoms with van der Waals surface area (Å²) in [5, 5.41) is 0.706. The maximum absolute atomic E-state index is 6.01. The monoisotopic (exact) mass is 279 g/mol. The Bertz CT molecular complexity index is 511. The lowest BCUT2D eigenvalue weighted by Crippen LogP contribution is -2.18. The fourth-order valence-corrected chi connectivity index (χ4v) is 2.07. The molecule has 2 N–H and O–H groups in total. The van der Waals surface area contributed by atoms with Crippen LogP contribution in [-0.2, 0) is 13.0 Å². The van der Waals surface area contributed by atoms with Gasteiger partial charge < -0.3 is 15.0 Å². The molecule has 5 heteroatoms. The number of benzene rings is 1. The molecule has 0 aliphatic heterocycles. The Hall–Kier alpha value is -1.52. The van der Waals surface area contributed by atoms with E-state index in [1.54, 1.807) is 12.5 Å². The molecule has 0 aliphatic rings. The topological polar surface area (TPSA) is 53.1 Å². The number of nitrogens with two attached hydrogens (primary N) is 1. The van der Waals surface area contributed by atoms with E-state index in [9.17, 15) is 0 Å². The first kappa shape index (κ1) is 13.9. The van der Waals surface area contributed by atoms with Gasteiger partial charge in [-0.15, -0.1) is 0 Å². The molecule has 1 unspecified atom stereocenters. The van der Waals surface area contributed by atoms with Gasteiger partial charge in [0.05, 0.1) is 12.9 Å². The highest BCUT2D eigenvalue weighted by Gasteiger charge is 2.07. The number of ether oxygens (including phenoxy) is 1. The van der Waals surface area contributed by atoms with Crippen molar-refractivity contribution in [2.24, 2.45) is 5.73 Å². The standard InChI is InChI=1S/C14H18ClN3O/c1-11(16)8-12-9-13(15)2-3-14(12)19-7-6-18-5-4-17-10-18/h2-5,9-11H,6-8,16H2,1H3. The third-order valence-electron chi connectivity index (χ3n) is 2.73. The van der Waals surface area contributed by atoms with Gasteiger partial charge in [0, 0.05) is 23.5 Å². The fourth-order valence-electron chi connectivity index (χ4n) is 1.88. The van der Waals surface area contributed by atoms with Gasteiger partial charge in [-0.2, -0.15) is 0 Å². The van der Waals surface area contributed by atoms with Crippen molar-refractivity contribution in [2.75, 3.05) is 6.61 Å². The van der Waals surface area contributed by atoms with Crippen molar-refractivity contribution in [1.82, 2.24) is 9.55 Å². The summed E-state index contributed by atoms with van der Waals surface area (Å²) < 4.78 is 7.78. The molecule has 1 heterocycles. The van der Waals surface area contributed by atoms with Gasteiger partial charge in [-0.1, -0.05) is 11.6 Å². The number of hydrogen-bond acceptors (Lipinski definition) is 3. The number of imidazole rings is 1. The lowest BCUT2D eigenvalue weighted by molar-refractivity contribution is 0.295. The van der Waals surface area contributed by atoms with Crippen LogP contribution in [0.3, 0.4) is 0 Å². The van der Waals surface area contributed by atoms with Gasteiger partial charge >= 0.3 is 0 Å². The molecule has 1 aromatic heterocycles.